The molecule has 2 aromatic carbocycles. The summed E-state index contributed by atoms with van der Waals surface area (Å²) in [6.45, 7) is 4.26. The van der Waals surface area contributed by atoms with Crippen LogP contribution in [0.1, 0.15) is 42.1 Å². The fourth-order valence-corrected chi connectivity index (χ4v) is 4.43. The molecule has 3 rings (SSSR count). The van der Waals surface area contributed by atoms with Crippen LogP contribution >= 0.6 is 0 Å². The van der Waals surface area contributed by atoms with Crippen LogP contribution in [0.25, 0.3) is 0 Å². The van der Waals surface area contributed by atoms with Gasteiger partial charge in [-0.05, 0) is 41.8 Å². The Labute approximate surface area is 148 Å². The van der Waals surface area contributed by atoms with E-state index in [2.05, 4.69) is 13.8 Å². The Bertz CT molecular complexity index is 902. The zero-order valence-electron chi connectivity index (χ0n) is 14.5. The highest BCUT2D eigenvalue weighted by atomic mass is 32.2. The highest BCUT2D eigenvalue weighted by Crippen LogP contribution is 2.34. The first-order valence-corrected chi connectivity index (χ1v) is 9.62. The second-order valence-corrected chi connectivity index (χ2v) is 8.22. The van der Waals surface area contributed by atoms with Gasteiger partial charge in [-0.2, -0.15) is 0 Å². The second-order valence-electron chi connectivity index (χ2n) is 6.36. The molecule has 5 nitrogen and oxygen atoms in total. The van der Waals surface area contributed by atoms with Crippen LogP contribution in [0.5, 0.6) is 5.75 Å². The van der Waals surface area contributed by atoms with E-state index in [0.717, 1.165) is 5.56 Å². The SMILES string of the molecule is COc1ccc2c(c1)C(=O)CCN2S(=O)(=O)c1ccc(C(C)C)cc1. The molecule has 0 fully saturated rings. The molecule has 1 aliphatic rings. The van der Waals surface area contributed by atoms with E-state index >= 15 is 0 Å². The molecule has 0 aromatic heterocycles. The average molecular weight is 359 g/mol. The minimum absolute atomic E-state index is 0.0736. The summed E-state index contributed by atoms with van der Waals surface area (Å²) in [6.07, 6.45) is 0.156. The first-order chi connectivity index (χ1) is 11.8. The summed E-state index contributed by atoms with van der Waals surface area (Å²) in [5, 5.41) is 0. The van der Waals surface area contributed by atoms with Gasteiger partial charge in [0.05, 0.1) is 17.7 Å². The Morgan fingerprint density at radius 2 is 1.76 bits per heavy atom. The van der Waals surface area contributed by atoms with E-state index in [4.69, 9.17) is 4.74 Å². The number of sulfonamides is 1. The molecule has 0 amide bonds. The zero-order chi connectivity index (χ0) is 18.2. The molecule has 0 bridgehead atoms. The quantitative estimate of drug-likeness (QED) is 0.837. The zero-order valence-corrected chi connectivity index (χ0v) is 15.3. The molecule has 0 spiro atoms. The number of rotatable bonds is 4. The number of fused-ring (bicyclic) bond motifs is 1. The summed E-state index contributed by atoms with van der Waals surface area (Å²) >= 11 is 0. The van der Waals surface area contributed by atoms with Crippen LogP contribution in [0.3, 0.4) is 0 Å². The number of methoxy groups -OCH3 is 1. The van der Waals surface area contributed by atoms with Gasteiger partial charge in [0, 0.05) is 18.5 Å². The van der Waals surface area contributed by atoms with Crippen molar-refractivity contribution >= 4 is 21.5 Å². The number of nitrogens with zero attached hydrogens (tertiary/aromatic N) is 1. The number of hydrogen-bond acceptors (Lipinski definition) is 4. The van der Waals surface area contributed by atoms with E-state index < -0.39 is 10.0 Å². The van der Waals surface area contributed by atoms with Crippen molar-refractivity contribution in [2.24, 2.45) is 0 Å². The molecule has 0 atom stereocenters. The molecule has 2 aromatic rings. The van der Waals surface area contributed by atoms with Crippen molar-refractivity contribution in [2.45, 2.75) is 31.1 Å². The fourth-order valence-electron chi connectivity index (χ4n) is 2.94. The maximum atomic E-state index is 13.1. The molecule has 0 unspecified atom stereocenters. The molecule has 132 valence electrons. The molecule has 25 heavy (non-hydrogen) atoms. The summed E-state index contributed by atoms with van der Waals surface area (Å²) in [6, 6.07) is 11.8. The van der Waals surface area contributed by atoms with Crippen molar-refractivity contribution in [1.82, 2.24) is 0 Å². The lowest BCUT2D eigenvalue weighted by Gasteiger charge is -2.30. The summed E-state index contributed by atoms with van der Waals surface area (Å²) in [5.41, 5.74) is 1.87. The molecule has 0 saturated heterocycles. The minimum atomic E-state index is -3.72. The maximum absolute atomic E-state index is 13.1. The number of carbonyl (C=O) groups is 1. The number of benzene rings is 2. The van der Waals surface area contributed by atoms with Crippen LogP contribution in [0, 0.1) is 0 Å². The van der Waals surface area contributed by atoms with E-state index in [1.807, 2.05) is 12.1 Å². The summed E-state index contributed by atoms with van der Waals surface area (Å²) in [5.74, 6) is 0.792. The van der Waals surface area contributed by atoms with Crippen molar-refractivity contribution in [2.75, 3.05) is 18.0 Å². The van der Waals surface area contributed by atoms with Crippen molar-refractivity contribution in [3.05, 3.63) is 53.6 Å². The van der Waals surface area contributed by atoms with E-state index in [0.29, 0.717) is 22.9 Å². The molecule has 0 aliphatic carbocycles. The first kappa shape index (κ1) is 17.5. The predicted molar refractivity (Wildman–Crippen MR) is 97.0 cm³/mol. The second kappa shape index (κ2) is 6.52. The van der Waals surface area contributed by atoms with E-state index in [-0.39, 0.29) is 23.6 Å². The molecule has 1 aliphatic heterocycles. The Morgan fingerprint density at radius 1 is 1.08 bits per heavy atom. The molecule has 0 radical (unpaired) electrons. The van der Waals surface area contributed by atoms with Gasteiger partial charge in [-0.15, -0.1) is 0 Å². The van der Waals surface area contributed by atoms with Gasteiger partial charge in [0.1, 0.15) is 5.75 Å². The molecule has 0 saturated carbocycles. The lowest BCUT2D eigenvalue weighted by molar-refractivity contribution is 0.0981. The van der Waals surface area contributed by atoms with Gasteiger partial charge >= 0.3 is 0 Å². The van der Waals surface area contributed by atoms with Crippen molar-refractivity contribution < 1.29 is 17.9 Å². The van der Waals surface area contributed by atoms with E-state index in [1.165, 1.54) is 11.4 Å². The van der Waals surface area contributed by atoms with Gasteiger partial charge in [0.2, 0.25) is 0 Å². The van der Waals surface area contributed by atoms with Crippen molar-refractivity contribution in [3.63, 3.8) is 0 Å². The molecule has 6 heteroatoms. The van der Waals surface area contributed by atoms with Crippen LogP contribution in [0.2, 0.25) is 0 Å². The third kappa shape index (κ3) is 3.14. The van der Waals surface area contributed by atoms with Crippen molar-refractivity contribution in [3.8, 4) is 5.75 Å². The Balaban J connectivity index is 2.04. The largest absolute Gasteiger partial charge is 0.497 e. The van der Waals surface area contributed by atoms with Crippen LogP contribution in [-0.4, -0.2) is 27.9 Å². The van der Waals surface area contributed by atoms with Crippen LogP contribution in [0.4, 0.5) is 5.69 Å². The Hall–Kier alpha value is -2.34. The average Bonchev–Trinajstić information content (AvgIpc) is 2.61. The Kier molecular flexibility index (Phi) is 4.56. The molecule has 0 N–H and O–H groups in total. The predicted octanol–water partition coefficient (Wildman–Crippen LogP) is 3.60. The number of carbonyl (C=O) groups excluding carboxylic acids is 1. The van der Waals surface area contributed by atoms with Crippen LogP contribution in [-0.2, 0) is 10.0 Å². The smallest absolute Gasteiger partial charge is 0.264 e. The number of ether oxygens (including phenoxy) is 1. The monoisotopic (exact) mass is 359 g/mol. The van der Waals surface area contributed by atoms with Gasteiger partial charge in [-0.1, -0.05) is 26.0 Å². The first-order valence-electron chi connectivity index (χ1n) is 8.18. The fraction of sp³-hybridized carbons (Fsp3) is 0.316. The Morgan fingerprint density at radius 3 is 2.36 bits per heavy atom. The number of ketones is 1. The number of Topliss-reactive ketones (excluding diaryl/α,β-unsaturated/α-hetero) is 1. The minimum Gasteiger partial charge on any atom is -0.497 e. The van der Waals surface area contributed by atoms with E-state index in [9.17, 15) is 13.2 Å². The van der Waals surface area contributed by atoms with Crippen LogP contribution in [0.15, 0.2) is 47.4 Å². The topological polar surface area (TPSA) is 63.7 Å². The van der Waals surface area contributed by atoms with Gasteiger partial charge in [-0.3, -0.25) is 9.10 Å². The molecular formula is C19H21NO4S. The van der Waals surface area contributed by atoms with Gasteiger partial charge in [0.15, 0.2) is 5.78 Å². The molecular weight excluding hydrogens is 338 g/mol. The third-order valence-corrected chi connectivity index (χ3v) is 6.28. The van der Waals surface area contributed by atoms with Crippen molar-refractivity contribution in [1.29, 1.82) is 0 Å². The standard InChI is InChI=1S/C19H21NO4S/c1-13(2)14-4-7-16(8-5-14)25(22,23)20-11-10-19(21)17-12-15(24-3)6-9-18(17)20/h4-9,12-13H,10-11H2,1-3H3. The summed E-state index contributed by atoms with van der Waals surface area (Å²) < 4.78 is 32.6. The number of hydrogen-bond donors (Lipinski definition) is 0. The maximum Gasteiger partial charge on any atom is 0.264 e. The highest BCUT2D eigenvalue weighted by molar-refractivity contribution is 7.92. The van der Waals surface area contributed by atoms with Gasteiger partial charge < -0.3 is 4.74 Å². The van der Waals surface area contributed by atoms with Gasteiger partial charge in [0.25, 0.3) is 10.0 Å². The molecule has 1 heterocycles. The lowest BCUT2D eigenvalue weighted by Crippen LogP contribution is -2.37. The number of anilines is 1. The summed E-state index contributed by atoms with van der Waals surface area (Å²) in [4.78, 5) is 12.4. The lowest BCUT2D eigenvalue weighted by atomic mass is 10.0. The highest BCUT2D eigenvalue weighted by Gasteiger charge is 2.32. The van der Waals surface area contributed by atoms with Crippen LogP contribution < -0.4 is 9.04 Å². The van der Waals surface area contributed by atoms with E-state index in [1.54, 1.807) is 30.3 Å². The van der Waals surface area contributed by atoms with Gasteiger partial charge in [-0.25, -0.2) is 8.42 Å². The summed E-state index contributed by atoms with van der Waals surface area (Å²) in [7, 11) is -2.21. The third-order valence-electron chi connectivity index (χ3n) is 4.45. The normalized spacial score (nSPS) is 14.6.